The lowest BCUT2D eigenvalue weighted by Crippen LogP contribution is -2.49. The number of carbonyl (C=O) groups is 1. The second-order valence-corrected chi connectivity index (χ2v) is 8.21. The van der Waals surface area contributed by atoms with Gasteiger partial charge in [0.2, 0.25) is 0 Å². The van der Waals surface area contributed by atoms with Gasteiger partial charge in [-0.05, 0) is 47.5 Å². The largest absolute Gasteiger partial charge is 0.497 e. The fourth-order valence-corrected chi connectivity index (χ4v) is 4.20. The summed E-state index contributed by atoms with van der Waals surface area (Å²) in [6.45, 7) is 2.77. The first-order valence-corrected chi connectivity index (χ1v) is 11.4. The average molecular weight is 451 g/mol. The molecule has 170 valence electrons. The fraction of sp³-hybridized carbons (Fsp3) is 0.179. The van der Waals surface area contributed by atoms with Gasteiger partial charge in [0, 0.05) is 43.4 Å². The zero-order valence-electron chi connectivity index (χ0n) is 19.1. The SMILES string of the molecule is COc1ccc(-c2cc(N3CCN(C(=O)c4ccc(-c5ccccc5)cc4)CC3)ncn2)cc1. The van der Waals surface area contributed by atoms with Crippen LogP contribution >= 0.6 is 0 Å². The van der Waals surface area contributed by atoms with Gasteiger partial charge < -0.3 is 14.5 Å². The van der Waals surface area contributed by atoms with Gasteiger partial charge in [0.15, 0.2) is 0 Å². The van der Waals surface area contributed by atoms with Gasteiger partial charge in [-0.1, -0.05) is 42.5 Å². The molecule has 0 N–H and O–H groups in total. The Kier molecular flexibility index (Phi) is 6.21. The van der Waals surface area contributed by atoms with Crippen LogP contribution < -0.4 is 9.64 Å². The van der Waals surface area contributed by atoms with Gasteiger partial charge >= 0.3 is 0 Å². The summed E-state index contributed by atoms with van der Waals surface area (Å²) in [5.41, 5.74) is 4.85. The zero-order valence-corrected chi connectivity index (χ0v) is 19.1. The normalized spacial score (nSPS) is 13.6. The topological polar surface area (TPSA) is 58.6 Å². The quantitative estimate of drug-likeness (QED) is 0.438. The molecule has 0 saturated carbocycles. The Morgan fingerprint density at radius 2 is 1.41 bits per heavy atom. The van der Waals surface area contributed by atoms with E-state index < -0.39 is 0 Å². The molecule has 0 atom stereocenters. The van der Waals surface area contributed by atoms with Crippen LogP contribution in [0.5, 0.6) is 5.75 Å². The maximum atomic E-state index is 13.1. The van der Waals surface area contributed by atoms with Crippen molar-refractivity contribution in [1.82, 2.24) is 14.9 Å². The Bertz CT molecular complexity index is 1250. The highest BCUT2D eigenvalue weighted by atomic mass is 16.5. The molecule has 0 spiro atoms. The van der Waals surface area contributed by atoms with Crippen LogP contribution in [0.1, 0.15) is 10.4 Å². The van der Waals surface area contributed by atoms with Crippen molar-refractivity contribution in [3.8, 4) is 28.1 Å². The molecule has 1 amide bonds. The van der Waals surface area contributed by atoms with Crippen LogP contribution in [0, 0.1) is 0 Å². The number of amides is 1. The van der Waals surface area contributed by atoms with Crippen LogP contribution in [0.3, 0.4) is 0 Å². The number of benzene rings is 3. The second kappa shape index (κ2) is 9.75. The van der Waals surface area contributed by atoms with Gasteiger partial charge in [0.25, 0.3) is 5.91 Å². The Balaban J connectivity index is 1.23. The lowest BCUT2D eigenvalue weighted by molar-refractivity contribution is 0.0746. The summed E-state index contributed by atoms with van der Waals surface area (Å²) < 4.78 is 5.24. The van der Waals surface area contributed by atoms with Crippen LogP contribution in [0.2, 0.25) is 0 Å². The van der Waals surface area contributed by atoms with E-state index in [1.165, 1.54) is 0 Å². The standard InChI is InChI=1S/C28H26N4O2/c1-34-25-13-11-23(12-14-25)26-19-27(30-20-29-26)31-15-17-32(18-16-31)28(33)24-9-7-22(8-10-24)21-5-3-2-4-6-21/h2-14,19-20H,15-18H2,1H3. The lowest BCUT2D eigenvalue weighted by Gasteiger charge is -2.35. The summed E-state index contributed by atoms with van der Waals surface area (Å²) in [5.74, 6) is 1.76. The van der Waals surface area contributed by atoms with Crippen LogP contribution in [-0.2, 0) is 0 Å². The van der Waals surface area contributed by atoms with Crippen molar-refractivity contribution in [2.45, 2.75) is 0 Å². The predicted molar refractivity (Wildman–Crippen MR) is 134 cm³/mol. The highest BCUT2D eigenvalue weighted by molar-refractivity contribution is 5.95. The van der Waals surface area contributed by atoms with Crippen LogP contribution in [-0.4, -0.2) is 54.1 Å². The van der Waals surface area contributed by atoms with Crippen molar-refractivity contribution in [2.75, 3.05) is 38.2 Å². The number of rotatable bonds is 5. The summed E-state index contributed by atoms with van der Waals surface area (Å²) in [4.78, 5) is 26.1. The fourth-order valence-electron chi connectivity index (χ4n) is 4.20. The van der Waals surface area contributed by atoms with Crippen LogP contribution in [0.25, 0.3) is 22.4 Å². The molecule has 3 aromatic carbocycles. The van der Waals surface area contributed by atoms with Gasteiger partial charge in [0.1, 0.15) is 17.9 Å². The first-order chi connectivity index (χ1) is 16.7. The number of nitrogens with zero attached hydrogens (tertiary/aromatic N) is 4. The zero-order chi connectivity index (χ0) is 23.3. The third kappa shape index (κ3) is 4.62. The first-order valence-electron chi connectivity index (χ1n) is 11.4. The number of anilines is 1. The molecule has 1 saturated heterocycles. The maximum absolute atomic E-state index is 13.1. The minimum Gasteiger partial charge on any atom is -0.497 e. The molecule has 0 unspecified atom stereocenters. The van der Waals surface area contributed by atoms with E-state index in [4.69, 9.17) is 4.74 Å². The van der Waals surface area contributed by atoms with Crippen molar-refractivity contribution in [2.24, 2.45) is 0 Å². The maximum Gasteiger partial charge on any atom is 0.253 e. The van der Waals surface area contributed by atoms with Gasteiger partial charge in [-0.25, -0.2) is 9.97 Å². The lowest BCUT2D eigenvalue weighted by atomic mass is 10.0. The molecule has 1 aliphatic rings. The predicted octanol–water partition coefficient (Wildman–Crippen LogP) is 4.78. The molecule has 6 nitrogen and oxygen atoms in total. The first kappa shape index (κ1) is 21.6. The summed E-state index contributed by atoms with van der Waals surface area (Å²) in [5, 5.41) is 0. The van der Waals surface area contributed by atoms with Gasteiger partial charge in [-0.2, -0.15) is 0 Å². The van der Waals surface area contributed by atoms with E-state index in [1.807, 2.05) is 77.7 Å². The number of piperazine rings is 1. The monoisotopic (exact) mass is 450 g/mol. The summed E-state index contributed by atoms with van der Waals surface area (Å²) in [6, 6.07) is 27.9. The van der Waals surface area contributed by atoms with Crippen molar-refractivity contribution >= 4 is 11.7 Å². The number of methoxy groups -OCH3 is 1. The number of aromatic nitrogens is 2. The van der Waals surface area contributed by atoms with E-state index >= 15 is 0 Å². The number of hydrogen-bond acceptors (Lipinski definition) is 5. The third-order valence-corrected chi connectivity index (χ3v) is 6.17. The molecule has 6 heteroatoms. The molecule has 4 aromatic rings. The summed E-state index contributed by atoms with van der Waals surface area (Å²) in [7, 11) is 1.65. The van der Waals surface area contributed by atoms with Gasteiger partial charge in [-0.15, -0.1) is 0 Å². The molecule has 1 aliphatic heterocycles. The molecule has 2 heterocycles. The van der Waals surface area contributed by atoms with E-state index in [9.17, 15) is 4.79 Å². The number of carbonyl (C=O) groups excluding carboxylic acids is 1. The highest BCUT2D eigenvalue weighted by Gasteiger charge is 2.23. The molecular formula is C28H26N4O2. The van der Waals surface area contributed by atoms with Crippen LogP contribution in [0.15, 0.2) is 91.3 Å². The molecule has 0 aliphatic carbocycles. The average Bonchev–Trinajstić information content (AvgIpc) is 2.93. The van der Waals surface area contributed by atoms with E-state index in [0.29, 0.717) is 13.1 Å². The van der Waals surface area contributed by atoms with E-state index in [0.717, 1.165) is 52.6 Å². The Morgan fingerprint density at radius 1 is 0.765 bits per heavy atom. The third-order valence-electron chi connectivity index (χ3n) is 6.17. The van der Waals surface area contributed by atoms with Crippen molar-refractivity contribution in [3.05, 3.63) is 96.8 Å². The summed E-state index contributed by atoms with van der Waals surface area (Å²) in [6.07, 6.45) is 1.60. The molecule has 34 heavy (non-hydrogen) atoms. The van der Waals surface area contributed by atoms with E-state index in [1.54, 1.807) is 13.4 Å². The summed E-state index contributed by atoms with van der Waals surface area (Å²) >= 11 is 0. The van der Waals surface area contributed by atoms with E-state index in [-0.39, 0.29) is 5.91 Å². The van der Waals surface area contributed by atoms with Crippen molar-refractivity contribution < 1.29 is 9.53 Å². The van der Waals surface area contributed by atoms with Crippen molar-refractivity contribution in [3.63, 3.8) is 0 Å². The minimum absolute atomic E-state index is 0.0703. The Morgan fingerprint density at radius 3 is 2.09 bits per heavy atom. The van der Waals surface area contributed by atoms with Gasteiger partial charge in [-0.3, -0.25) is 4.79 Å². The van der Waals surface area contributed by atoms with Crippen molar-refractivity contribution in [1.29, 1.82) is 0 Å². The number of ether oxygens (including phenoxy) is 1. The number of hydrogen-bond donors (Lipinski definition) is 0. The Hall–Kier alpha value is -4.19. The van der Waals surface area contributed by atoms with E-state index in [2.05, 4.69) is 27.0 Å². The van der Waals surface area contributed by atoms with Crippen LogP contribution in [0.4, 0.5) is 5.82 Å². The second-order valence-electron chi connectivity index (χ2n) is 8.21. The molecule has 1 aromatic heterocycles. The molecule has 5 rings (SSSR count). The molecule has 0 radical (unpaired) electrons. The molecule has 0 bridgehead atoms. The smallest absolute Gasteiger partial charge is 0.253 e. The van der Waals surface area contributed by atoms with Gasteiger partial charge in [0.05, 0.1) is 12.8 Å². The molecule has 1 fully saturated rings. The highest BCUT2D eigenvalue weighted by Crippen LogP contribution is 2.24. The molecular weight excluding hydrogens is 424 g/mol. The Labute approximate surface area is 199 Å². The minimum atomic E-state index is 0.0703.